The van der Waals surface area contributed by atoms with Crippen molar-refractivity contribution in [2.75, 3.05) is 26.2 Å². The van der Waals surface area contributed by atoms with E-state index in [1.54, 1.807) is 0 Å². The molecule has 0 aromatic carbocycles. The van der Waals surface area contributed by atoms with Crippen LogP contribution in [0.1, 0.15) is 39.5 Å². The van der Waals surface area contributed by atoms with E-state index in [0.29, 0.717) is 6.10 Å². The van der Waals surface area contributed by atoms with E-state index in [1.807, 2.05) is 11.8 Å². The molecule has 1 N–H and O–H groups in total. The van der Waals surface area contributed by atoms with Crippen molar-refractivity contribution in [3.63, 3.8) is 0 Å². The molecule has 4 nitrogen and oxygen atoms in total. The summed E-state index contributed by atoms with van der Waals surface area (Å²) in [7, 11) is 0. The highest BCUT2D eigenvalue weighted by Gasteiger charge is 2.22. The minimum Gasteiger partial charge on any atom is -0.378 e. The summed E-state index contributed by atoms with van der Waals surface area (Å²) in [6.45, 7) is 7.35. The Hall–Kier alpha value is -0.770. The molecule has 94 valence electrons. The maximum atomic E-state index is 11.7. The molecule has 4 heteroatoms. The summed E-state index contributed by atoms with van der Waals surface area (Å²) in [6, 6.07) is 0.0865. The van der Waals surface area contributed by atoms with Crippen molar-refractivity contribution in [2.24, 2.45) is 0 Å². The Morgan fingerprint density at radius 2 is 2.06 bits per heavy atom. The van der Waals surface area contributed by atoms with Crippen molar-refractivity contribution in [3.8, 4) is 0 Å². The monoisotopic (exact) mass is 228 g/mol. The summed E-state index contributed by atoms with van der Waals surface area (Å²) in [5.74, 6) is 0. The lowest BCUT2D eigenvalue weighted by Crippen LogP contribution is -2.46. The maximum absolute atomic E-state index is 11.7. The lowest BCUT2D eigenvalue weighted by atomic mass is 10.1. The van der Waals surface area contributed by atoms with E-state index in [1.165, 1.54) is 0 Å². The van der Waals surface area contributed by atoms with Crippen LogP contribution in [-0.2, 0) is 4.74 Å². The molecule has 0 unspecified atom stereocenters. The van der Waals surface area contributed by atoms with Crippen molar-refractivity contribution in [1.29, 1.82) is 0 Å². The molecule has 0 radical (unpaired) electrons. The predicted octanol–water partition coefficient (Wildman–Crippen LogP) is 2.00. The molecule has 0 saturated carbocycles. The lowest BCUT2D eigenvalue weighted by Gasteiger charge is -2.31. The molecule has 0 spiro atoms. The second-order valence-corrected chi connectivity index (χ2v) is 4.23. The molecular formula is C12H24N2O2. The largest absolute Gasteiger partial charge is 0.378 e. The SMILES string of the molecule is CCCCNC(=O)N1CCC(OCC)CC1. The highest BCUT2D eigenvalue weighted by molar-refractivity contribution is 5.74. The molecule has 1 aliphatic heterocycles. The van der Waals surface area contributed by atoms with Crippen LogP contribution in [0.2, 0.25) is 0 Å². The third-order valence-corrected chi connectivity index (χ3v) is 2.94. The minimum absolute atomic E-state index is 0.0865. The molecule has 1 rings (SSSR count). The molecule has 0 aromatic heterocycles. The molecule has 2 amide bonds. The van der Waals surface area contributed by atoms with E-state index in [-0.39, 0.29) is 6.03 Å². The standard InChI is InChI=1S/C12H24N2O2/c1-3-5-8-13-12(15)14-9-6-11(7-10-14)16-4-2/h11H,3-10H2,1-2H3,(H,13,15). The van der Waals surface area contributed by atoms with Crippen LogP contribution < -0.4 is 5.32 Å². The van der Waals surface area contributed by atoms with Crippen molar-refractivity contribution in [2.45, 2.75) is 45.6 Å². The van der Waals surface area contributed by atoms with Gasteiger partial charge in [-0.25, -0.2) is 4.79 Å². The quantitative estimate of drug-likeness (QED) is 0.731. The third-order valence-electron chi connectivity index (χ3n) is 2.94. The number of unbranched alkanes of at least 4 members (excludes halogenated alkanes) is 1. The molecule has 0 atom stereocenters. The van der Waals surface area contributed by atoms with Gasteiger partial charge in [0.25, 0.3) is 0 Å². The van der Waals surface area contributed by atoms with Gasteiger partial charge in [0, 0.05) is 26.2 Å². The van der Waals surface area contributed by atoms with Gasteiger partial charge in [-0.2, -0.15) is 0 Å². The number of piperidine rings is 1. The third kappa shape index (κ3) is 4.39. The van der Waals surface area contributed by atoms with Gasteiger partial charge in [0.15, 0.2) is 0 Å². The first-order chi connectivity index (χ1) is 7.77. The fourth-order valence-electron chi connectivity index (χ4n) is 1.95. The number of likely N-dealkylation sites (tertiary alicyclic amines) is 1. The number of hydrogen-bond acceptors (Lipinski definition) is 2. The molecule has 1 fully saturated rings. The zero-order valence-electron chi connectivity index (χ0n) is 10.5. The Balaban J connectivity index is 2.17. The van der Waals surface area contributed by atoms with Gasteiger partial charge >= 0.3 is 6.03 Å². The second-order valence-electron chi connectivity index (χ2n) is 4.23. The van der Waals surface area contributed by atoms with E-state index in [2.05, 4.69) is 12.2 Å². The average Bonchev–Trinajstić information content (AvgIpc) is 2.30. The Morgan fingerprint density at radius 1 is 1.38 bits per heavy atom. The van der Waals surface area contributed by atoms with Gasteiger partial charge in [-0.05, 0) is 26.2 Å². The van der Waals surface area contributed by atoms with Gasteiger partial charge in [-0.15, -0.1) is 0 Å². The average molecular weight is 228 g/mol. The van der Waals surface area contributed by atoms with E-state index in [0.717, 1.165) is 51.9 Å². The smallest absolute Gasteiger partial charge is 0.317 e. The van der Waals surface area contributed by atoms with E-state index in [9.17, 15) is 4.79 Å². The number of nitrogens with one attached hydrogen (secondary N) is 1. The Labute approximate surface area is 98.3 Å². The Bertz CT molecular complexity index is 201. The van der Waals surface area contributed by atoms with Crippen LogP contribution in [0.15, 0.2) is 0 Å². The highest BCUT2D eigenvalue weighted by atomic mass is 16.5. The summed E-state index contributed by atoms with van der Waals surface area (Å²) in [4.78, 5) is 13.6. The van der Waals surface area contributed by atoms with Crippen LogP contribution in [0.3, 0.4) is 0 Å². The molecule has 16 heavy (non-hydrogen) atoms. The summed E-state index contributed by atoms with van der Waals surface area (Å²) in [5.41, 5.74) is 0. The predicted molar refractivity (Wildman–Crippen MR) is 64.5 cm³/mol. The number of urea groups is 1. The molecule has 1 saturated heterocycles. The molecular weight excluding hydrogens is 204 g/mol. The van der Waals surface area contributed by atoms with Crippen LogP contribution in [0.25, 0.3) is 0 Å². The summed E-state index contributed by atoms with van der Waals surface area (Å²) in [5, 5.41) is 2.95. The first kappa shape index (κ1) is 13.3. The summed E-state index contributed by atoms with van der Waals surface area (Å²) >= 11 is 0. The van der Waals surface area contributed by atoms with Gasteiger partial charge in [-0.3, -0.25) is 0 Å². The maximum Gasteiger partial charge on any atom is 0.317 e. The van der Waals surface area contributed by atoms with Gasteiger partial charge in [0.2, 0.25) is 0 Å². The van der Waals surface area contributed by atoms with Gasteiger partial charge < -0.3 is 15.0 Å². The molecule has 1 aliphatic rings. The number of carbonyl (C=O) groups is 1. The van der Waals surface area contributed by atoms with Crippen LogP contribution >= 0.6 is 0 Å². The van der Waals surface area contributed by atoms with Crippen molar-refractivity contribution >= 4 is 6.03 Å². The molecule has 0 aromatic rings. The summed E-state index contributed by atoms with van der Waals surface area (Å²) in [6.07, 6.45) is 4.46. The highest BCUT2D eigenvalue weighted by Crippen LogP contribution is 2.13. The normalized spacial score (nSPS) is 17.5. The molecule has 0 bridgehead atoms. The first-order valence-corrected chi connectivity index (χ1v) is 6.42. The zero-order chi connectivity index (χ0) is 11.8. The zero-order valence-corrected chi connectivity index (χ0v) is 10.5. The number of ether oxygens (including phenoxy) is 1. The fraction of sp³-hybridized carbons (Fsp3) is 0.917. The summed E-state index contributed by atoms with van der Waals surface area (Å²) < 4.78 is 5.55. The number of nitrogens with zero attached hydrogens (tertiary/aromatic N) is 1. The molecule has 0 aliphatic carbocycles. The first-order valence-electron chi connectivity index (χ1n) is 6.42. The van der Waals surface area contributed by atoms with Crippen LogP contribution in [0, 0.1) is 0 Å². The number of hydrogen-bond donors (Lipinski definition) is 1. The van der Waals surface area contributed by atoms with E-state index in [4.69, 9.17) is 4.74 Å². The Morgan fingerprint density at radius 3 is 2.62 bits per heavy atom. The van der Waals surface area contributed by atoms with Crippen molar-refractivity contribution < 1.29 is 9.53 Å². The fourth-order valence-corrected chi connectivity index (χ4v) is 1.95. The Kier molecular flexibility index (Phi) is 6.23. The molecule has 1 heterocycles. The number of carbonyl (C=O) groups excluding carboxylic acids is 1. The minimum atomic E-state index is 0.0865. The second kappa shape index (κ2) is 7.49. The topological polar surface area (TPSA) is 41.6 Å². The number of amides is 2. The van der Waals surface area contributed by atoms with Gasteiger partial charge in [0.05, 0.1) is 6.10 Å². The number of rotatable bonds is 5. The van der Waals surface area contributed by atoms with E-state index < -0.39 is 0 Å². The van der Waals surface area contributed by atoms with Crippen molar-refractivity contribution in [3.05, 3.63) is 0 Å². The van der Waals surface area contributed by atoms with Crippen LogP contribution in [0.5, 0.6) is 0 Å². The van der Waals surface area contributed by atoms with Crippen LogP contribution in [0.4, 0.5) is 4.79 Å². The lowest BCUT2D eigenvalue weighted by molar-refractivity contribution is 0.0220. The van der Waals surface area contributed by atoms with Gasteiger partial charge in [-0.1, -0.05) is 13.3 Å². The van der Waals surface area contributed by atoms with E-state index >= 15 is 0 Å². The van der Waals surface area contributed by atoms with Crippen molar-refractivity contribution in [1.82, 2.24) is 10.2 Å². The van der Waals surface area contributed by atoms with Crippen LogP contribution in [-0.4, -0.2) is 43.3 Å². The van der Waals surface area contributed by atoms with Gasteiger partial charge in [0.1, 0.15) is 0 Å².